The topological polar surface area (TPSA) is 38.3 Å². The van der Waals surface area contributed by atoms with Gasteiger partial charge in [-0.25, -0.2) is 0 Å². The van der Waals surface area contributed by atoms with Crippen LogP contribution in [-0.4, -0.2) is 25.0 Å². The molecule has 1 aromatic rings. The highest BCUT2D eigenvalue weighted by Crippen LogP contribution is 2.15. The van der Waals surface area contributed by atoms with Crippen LogP contribution in [0.15, 0.2) is 24.3 Å². The Morgan fingerprint density at radius 1 is 1.36 bits per heavy atom. The third kappa shape index (κ3) is 1.93. The van der Waals surface area contributed by atoms with Crippen LogP contribution in [0.5, 0.6) is 5.75 Å². The first kappa shape index (κ1) is 9.21. The molecule has 0 unspecified atom stereocenters. The highest BCUT2D eigenvalue weighted by molar-refractivity contribution is 5.94. The number of hydrogen-bond acceptors (Lipinski definition) is 3. The molecule has 0 amide bonds. The van der Waals surface area contributed by atoms with Crippen LogP contribution in [0.1, 0.15) is 17.3 Å². The van der Waals surface area contributed by atoms with Gasteiger partial charge in [0.15, 0.2) is 5.78 Å². The van der Waals surface area contributed by atoms with Crippen LogP contribution in [0.2, 0.25) is 0 Å². The molecular formula is C11H13NO2. The molecule has 1 aliphatic heterocycles. The van der Waals surface area contributed by atoms with Crippen LogP contribution in [0.25, 0.3) is 0 Å². The van der Waals surface area contributed by atoms with Gasteiger partial charge in [-0.3, -0.25) is 4.79 Å². The molecule has 1 heterocycles. The number of rotatable bonds is 3. The van der Waals surface area contributed by atoms with Gasteiger partial charge in [0.2, 0.25) is 0 Å². The minimum atomic E-state index is 0.0851. The molecule has 0 saturated carbocycles. The maximum absolute atomic E-state index is 11.0. The fourth-order valence-corrected chi connectivity index (χ4v) is 1.31. The summed E-state index contributed by atoms with van der Waals surface area (Å²) in [6, 6.07) is 7.28. The summed E-state index contributed by atoms with van der Waals surface area (Å²) < 4.78 is 5.61. The molecule has 0 spiro atoms. The SMILES string of the molecule is CC(=O)c1ccc(OC2CNC2)cc1. The Labute approximate surface area is 83.1 Å². The normalized spacial score (nSPS) is 16.1. The van der Waals surface area contributed by atoms with Crippen molar-refractivity contribution in [1.82, 2.24) is 5.32 Å². The van der Waals surface area contributed by atoms with Gasteiger partial charge in [-0.05, 0) is 31.2 Å². The van der Waals surface area contributed by atoms with Gasteiger partial charge in [0.1, 0.15) is 11.9 Å². The Morgan fingerprint density at radius 2 is 2.00 bits per heavy atom. The van der Waals surface area contributed by atoms with Gasteiger partial charge < -0.3 is 10.1 Å². The van der Waals surface area contributed by atoms with Crippen LogP contribution in [0.4, 0.5) is 0 Å². The zero-order chi connectivity index (χ0) is 9.97. The predicted molar refractivity (Wildman–Crippen MR) is 53.7 cm³/mol. The van der Waals surface area contributed by atoms with Crippen molar-refractivity contribution in [3.63, 3.8) is 0 Å². The van der Waals surface area contributed by atoms with Crippen molar-refractivity contribution in [1.29, 1.82) is 0 Å². The second-order valence-electron chi connectivity index (χ2n) is 3.48. The molecule has 3 nitrogen and oxygen atoms in total. The first-order valence-electron chi connectivity index (χ1n) is 4.74. The average Bonchev–Trinajstić information content (AvgIpc) is 2.12. The average molecular weight is 191 g/mol. The molecule has 1 fully saturated rings. The van der Waals surface area contributed by atoms with Gasteiger partial charge in [0.25, 0.3) is 0 Å². The van der Waals surface area contributed by atoms with E-state index >= 15 is 0 Å². The smallest absolute Gasteiger partial charge is 0.159 e. The van der Waals surface area contributed by atoms with Crippen molar-refractivity contribution >= 4 is 5.78 Å². The van der Waals surface area contributed by atoms with E-state index in [1.54, 1.807) is 19.1 Å². The number of benzene rings is 1. The Balaban J connectivity index is 2.01. The molecule has 0 atom stereocenters. The van der Waals surface area contributed by atoms with E-state index < -0.39 is 0 Å². The van der Waals surface area contributed by atoms with Crippen molar-refractivity contribution in [3.8, 4) is 5.75 Å². The number of ether oxygens (including phenoxy) is 1. The minimum absolute atomic E-state index is 0.0851. The van der Waals surface area contributed by atoms with E-state index in [-0.39, 0.29) is 11.9 Å². The van der Waals surface area contributed by atoms with Crippen LogP contribution in [0, 0.1) is 0 Å². The summed E-state index contributed by atoms with van der Waals surface area (Å²) in [6.07, 6.45) is 0.290. The predicted octanol–water partition coefficient (Wildman–Crippen LogP) is 1.24. The number of hydrogen-bond donors (Lipinski definition) is 1. The van der Waals surface area contributed by atoms with E-state index in [4.69, 9.17) is 4.74 Å². The number of ketones is 1. The summed E-state index contributed by atoms with van der Waals surface area (Å²) in [7, 11) is 0. The summed E-state index contributed by atoms with van der Waals surface area (Å²) in [5.41, 5.74) is 0.726. The number of carbonyl (C=O) groups is 1. The Bertz CT molecular complexity index is 328. The van der Waals surface area contributed by atoms with Crippen LogP contribution < -0.4 is 10.1 Å². The molecule has 74 valence electrons. The maximum Gasteiger partial charge on any atom is 0.159 e. The number of carbonyl (C=O) groups excluding carboxylic acids is 1. The third-order valence-electron chi connectivity index (χ3n) is 2.31. The zero-order valence-electron chi connectivity index (χ0n) is 8.12. The highest BCUT2D eigenvalue weighted by atomic mass is 16.5. The van der Waals surface area contributed by atoms with E-state index in [2.05, 4.69) is 5.32 Å². The molecule has 0 aliphatic carbocycles. The molecule has 0 bridgehead atoms. The first-order valence-corrected chi connectivity index (χ1v) is 4.74. The Morgan fingerprint density at radius 3 is 2.43 bits per heavy atom. The van der Waals surface area contributed by atoms with Gasteiger partial charge in [0.05, 0.1) is 0 Å². The molecule has 2 rings (SSSR count). The summed E-state index contributed by atoms with van der Waals surface area (Å²) in [4.78, 5) is 11.0. The van der Waals surface area contributed by atoms with Gasteiger partial charge in [0, 0.05) is 18.7 Å². The second-order valence-corrected chi connectivity index (χ2v) is 3.48. The molecule has 1 saturated heterocycles. The monoisotopic (exact) mass is 191 g/mol. The van der Waals surface area contributed by atoms with E-state index in [0.29, 0.717) is 0 Å². The number of nitrogens with one attached hydrogen (secondary N) is 1. The Hall–Kier alpha value is -1.35. The summed E-state index contributed by atoms with van der Waals surface area (Å²) in [5, 5.41) is 3.13. The molecule has 0 radical (unpaired) electrons. The van der Waals surface area contributed by atoms with Crippen molar-refractivity contribution in [2.75, 3.05) is 13.1 Å². The van der Waals surface area contributed by atoms with E-state index in [1.807, 2.05) is 12.1 Å². The zero-order valence-corrected chi connectivity index (χ0v) is 8.12. The summed E-state index contributed by atoms with van der Waals surface area (Å²) in [5.74, 6) is 0.920. The second kappa shape index (κ2) is 3.80. The van der Waals surface area contributed by atoms with Crippen molar-refractivity contribution < 1.29 is 9.53 Å². The van der Waals surface area contributed by atoms with Gasteiger partial charge in [-0.2, -0.15) is 0 Å². The van der Waals surface area contributed by atoms with E-state index in [9.17, 15) is 4.79 Å². The summed E-state index contributed by atoms with van der Waals surface area (Å²) >= 11 is 0. The van der Waals surface area contributed by atoms with E-state index in [0.717, 1.165) is 24.4 Å². The fourth-order valence-electron chi connectivity index (χ4n) is 1.31. The molecule has 3 heteroatoms. The lowest BCUT2D eigenvalue weighted by atomic mass is 10.1. The lowest BCUT2D eigenvalue weighted by Crippen LogP contribution is -2.50. The van der Waals surface area contributed by atoms with Gasteiger partial charge in [-0.15, -0.1) is 0 Å². The lowest BCUT2D eigenvalue weighted by molar-refractivity contribution is 0.101. The largest absolute Gasteiger partial charge is 0.488 e. The van der Waals surface area contributed by atoms with E-state index in [1.165, 1.54) is 0 Å². The van der Waals surface area contributed by atoms with Crippen molar-refractivity contribution in [2.45, 2.75) is 13.0 Å². The van der Waals surface area contributed by atoms with Gasteiger partial charge in [-0.1, -0.05) is 0 Å². The third-order valence-corrected chi connectivity index (χ3v) is 2.31. The van der Waals surface area contributed by atoms with Crippen LogP contribution in [0.3, 0.4) is 0 Å². The van der Waals surface area contributed by atoms with Crippen molar-refractivity contribution in [2.24, 2.45) is 0 Å². The summed E-state index contributed by atoms with van der Waals surface area (Å²) in [6.45, 7) is 3.38. The van der Waals surface area contributed by atoms with Crippen LogP contribution >= 0.6 is 0 Å². The highest BCUT2D eigenvalue weighted by Gasteiger charge is 2.17. The van der Waals surface area contributed by atoms with Gasteiger partial charge >= 0.3 is 0 Å². The first-order chi connectivity index (χ1) is 6.75. The standard InChI is InChI=1S/C11H13NO2/c1-8(13)9-2-4-10(5-3-9)14-11-6-12-7-11/h2-5,11-12H,6-7H2,1H3. The molecule has 1 aromatic carbocycles. The van der Waals surface area contributed by atoms with Crippen LogP contribution in [-0.2, 0) is 0 Å². The minimum Gasteiger partial charge on any atom is -0.488 e. The molecule has 0 aromatic heterocycles. The Kier molecular flexibility index (Phi) is 2.50. The fraction of sp³-hybridized carbons (Fsp3) is 0.364. The molecule has 14 heavy (non-hydrogen) atoms. The maximum atomic E-state index is 11.0. The number of Topliss-reactive ketones (excluding diaryl/α,β-unsaturated/α-hetero) is 1. The molecular weight excluding hydrogens is 178 g/mol. The van der Waals surface area contributed by atoms with Crippen molar-refractivity contribution in [3.05, 3.63) is 29.8 Å². The molecule has 1 N–H and O–H groups in total. The lowest BCUT2D eigenvalue weighted by Gasteiger charge is -2.27. The quantitative estimate of drug-likeness (QED) is 0.730. The molecule has 1 aliphatic rings.